The molecule has 3 aromatic rings. The normalized spacial score (nSPS) is 16.5. The third-order valence-electron chi connectivity index (χ3n) is 4.56. The van der Waals surface area contributed by atoms with E-state index in [2.05, 4.69) is 10.0 Å². The fourth-order valence-electron chi connectivity index (χ4n) is 3.19. The van der Waals surface area contributed by atoms with E-state index in [9.17, 15) is 8.42 Å². The molecule has 28 heavy (non-hydrogen) atoms. The summed E-state index contributed by atoms with van der Waals surface area (Å²) in [6.45, 7) is 1.76. The van der Waals surface area contributed by atoms with Crippen molar-refractivity contribution in [3.63, 3.8) is 0 Å². The van der Waals surface area contributed by atoms with Gasteiger partial charge in [-0.2, -0.15) is 0 Å². The first kappa shape index (κ1) is 20.7. The second-order valence-electron chi connectivity index (χ2n) is 6.45. The van der Waals surface area contributed by atoms with E-state index in [0.717, 1.165) is 36.0 Å². The van der Waals surface area contributed by atoms with Gasteiger partial charge in [-0.1, -0.05) is 35.9 Å². The average Bonchev–Trinajstić information content (AvgIpc) is 3.17. The molecule has 0 bridgehead atoms. The summed E-state index contributed by atoms with van der Waals surface area (Å²) in [6, 6.07) is 17.3. The molecule has 0 amide bonds. The second-order valence-corrected chi connectivity index (χ2v) is 8.57. The molecule has 2 N–H and O–H groups in total. The quantitative estimate of drug-likeness (QED) is 0.616. The summed E-state index contributed by atoms with van der Waals surface area (Å²) in [5.74, 6) is 0.758. The lowest BCUT2D eigenvalue weighted by molar-refractivity contribution is 0.226. The molecule has 0 aromatic heterocycles. The van der Waals surface area contributed by atoms with Crippen LogP contribution in [0.1, 0.15) is 6.42 Å². The highest BCUT2D eigenvalue weighted by atomic mass is 35.5. The van der Waals surface area contributed by atoms with Gasteiger partial charge in [0.2, 0.25) is 0 Å². The minimum Gasteiger partial charge on any atom is -0.488 e. The van der Waals surface area contributed by atoms with E-state index in [0.29, 0.717) is 10.7 Å². The average molecular weight is 439 g/mol. The van der Waals surface area contributed by atoms with E-state index < -0.39 is 10.0 Å². The summed E-state index contributed by atoms with van der Waals surface area (Å²) < 4.78 is 34.2. The Bertz CT molecular complexity index is 1070. The van der Waals surface area contributed by atoms with E-state index >= 15 is 0 Å². The van der Waals surface area contributed by atoms with Crippen molar-refractivity contribution in [3.8, 4) is 5.75 Å². The van der Waals surface area contributed by atoms with Crippen LogP contribution < -0.4 is 14.8 Å². The Hall–Kier alpha value is -1.99. The maximum absolute atomic E-state index is 12.7. The molecule has 0 aliphatic carbocycles. The highest BCUT2D eigenvalue weighted by Gasteiger charge is 2.19. The lowest BCUT2D eigenvalue weighted by atomic mass is 10.1. The summed E-state index contributed by atoms with van der Waals surface area (Å²) in [5, 5.41) is 5.43. The zero-order valence-corrected chi connectivity index (χ0v) is 17.3. The number of halogens is 2. The molecular formula is C20H20Cl2N2O3S. The largest absolute Gasteiger partial charge is 0.488 e. The number of nitrogens with one attached hydrogen (secondary N) is 2. The Morgan fingerprint density at radius 2 is 1.71 bits per heavy atom. The molecule has 1 heterocycles. The van der Waals surface area contributed by atoms with Gasteiger partial charge >= 0.3 is 0 Å². The number of sulfonamides is 1. The first-order valence-electron chi connectivity index (χ1n) is 8.70. The molecule has 4 rings (SSSR count). The maximum atomic E-state index is 12.7. The van der Waals surface area contributed by atoms with Gasteiger partial charge in [0, 0.05) is 22.3 Å². The molecule has 1 aliphatic rings. The van der Waals surface area contributed by atoms with Gasteiger partial charge in [-0.3, -0.25) is 4.72 Å². The highest BCUT2D eigenvalue weighted by Crippen LogP contribution is 2.33. The molecule has 0 radical (unpaired) electrons. The van der Waals surface area contributed by atoms with Crippen LogP contribution in [0.2, 0.25) is 5.02 Å². The van der Waals surface area contributed by atoms with Crippen molar-refractivity contribution in [1.29, 1.82) is 0 Å². The zero-order valence-electron chi connectivity index (χ0n) is 14.9. The second kappa shape index (κ2) is 8.57. The van der Waals surface area contributed by atoms with Crippen LogP contribution in [-0.2, 0) is 10.0 Å². The molecule has 0 saturated carbocycles. The molecule has 1 fully saturated rings. The minimum absolute atomic E-state index is 0. The van der Waals surface area contributed by atoms with Gasteiger partial charge in [-0.05, 0) is 49.4 Å². The topological polar surface area (TPSA) is 67.4 Å². The van der Waals surface area contributed by atoms with Crippen LogP contribution in [0.3, 0.4) is 0 Å². The van der Waals surface area contributed by atoms with Gasteiger partial charge in [0.15, 0.2) is 0 Å². The molecule has 1 saturated heterocycles. The van der Waals surface area contributed by atoms with Gasteiger partial charge in [-0.25, -0.2) is 8.42 Å². The minimum atomic E-state index is -3.72. The molecule has 5 nitrogen and oxygen atoms in total. The van der Waals surface area contributed by atoms with Crippen molar-refractivity contribution in [1.82, 2.24) is 5.32 Å². The molecule has 8 heteroatoms. The van der Waals surface area contributed by atoms with Crippen molar-refractivity contribution >= 4 is 50.5 Å². The van der Waals surface area contributed by atoms with Crippen LogP contribution in [0, 0.1) is 0 Å². The lowest BCUT2D eigenvalue weighted by Crippen LogP contribution is -2.19. The summed E-state index contributed by atoms with van der Waals surface area (Å²) >= 11 is 5.85. The molecule has 3 aromatic carbocycles. The van der Waals surface area contributed by atoms with E-state index in [-0.39, 0.29) is 23.4 Å². The number of hydrogen-bond acceptors (Lipinski definition) is 4. The fraction of sp³-hybridized carbons (Fsp3) is 0.200. The number of anilines is 1. The third-order valence-corrected chi connectivity index (χ3v) is 6.19. The highest BCUT2D eigenvalue weighted by molar-refractivity contribution is 7.92. The summed E-state index contributed by atoms with van der Waals surface area (Å²) in [5.41, 5.74) is 0.512. The molecule has 0 unspecified atom stereocenters. The van der Waals surface area contributed by atoms with E-state index in [1.807, 2.05) is 30.3 Å². The lowest BCUT2D eigenvalue weighted by Gasteiger charge is -2.17. The smallest absolute Gasteiger partial charge is 0.261 e. The molecule has 0 spiro atoms. The van der Waals surface area contributed by atoms with Crippen molar-refractivity contribution in [3.05, 3.63) is 65.7 Å². The van der Waals surface area contributed by atoms with Gasteiger partial charge in [0.05, 0.1) is 10.6 Å². The van der Waals surface area contributed by atoms with Crippen molar-refractivity contribution in [2.45, 2.75) is 17.4 Å². The Morgan fingerprint density at radius 1 is 1.00 bits per heavy atom. The Labute approximate surface area is 175 Å². The SMILES string of the molecule is Cl.O=S(=O)(Nc1ccc(O[C@H]2CCNC2)c2ccccc12)c1ccc(Cl)cc1. The molecule has 1 aliphatic heterocycles. The van der Waals surface area contributed by atoms with Crippen LogP contribution >= 0.6 is 24.0 Å². The summed E-state index contributed by atoms with van der Waals surface area (Å²) in [4.78, 5) is 0.160. The van der Waals surface area contributed by atoms with Crippen LogP contribution in [0.15, 0.2) is 65.6 Å². The van der Waals surface area contributed by atoms with Crippen LogP contribution in [0.4, 0.5) is 5.69 Å². The number of rotatable bonds is 5. The number of ether oxygens (including phenoxy) is 1. The van der Waals surface area contributed by atoms with E-state index in [1.54, 1.807) is 18.2 Å². The van der Waals surface area contributed by atoms with Gasteiger partial charge < -0.3 is 10.1 Å². The van der Waals surface area contributed by atoms with E-state index in [1.165, 1.54) is 12.1 Å². The van der Waals surface area contributed by atoms with Gasteiger partial charge in [0.1, 0.15) is 11.9 Å². The monoisotopic (exact) mass is 438 g/mol. The van der Waals surface area contributed by atoms with Crippen LogP contribution in [-0.4, -0.2) is 27.6 Å². The first-order valence-corrected chi connectivity index (χ1v) is 10.6. The Balaban J connectivity index is 0.00000225. The van der Waals surface area contributed by atoms with Gasteiger partial charge in [0.25, 0.3) is 10.0 Å². The predicted octanol–water partition coefficient (Wildman–Crippen LogP) is 4.46. The van der Waals surface area contributed by atoms with Crippen molar-refractivity contribution < 1.29 is 13.2 Å². The molecular weight excluding hydrogens is 419 g/mol. The van der Waals surface area contributed by atoms with Gasteiger partial charge in [-0.15, -0.1) is 12.4 Å². The standard InChI is InChI=1S/C20H19ClN2O3S.ClH/c21-14-5-7-16(8-6-14)27(24,25)23-19-9-10-20(26-15-11-12-22-13-15)18-4-2-1-3-17(18)19;/h1-10,15,22-23H,11-13H2;1H/t15-;/m0./s1. The Kier molecular flexibility index (Phi) is 6.35. The van der Waals surface area contributed by atoms with Crippen LogP contribution in [0.5, 0.6) is 5.75 Å². The van der Waals surface area contributed by atoms with Crippen LogP contribution in [0.25, 0.3) is 10.8 Å². The predicted molar refractivity (Wildman–Crippen MR) is 115 cm³/mol. The summed E-state index contributed by atoms with van der Waals surface area (Å²) in [6.07, 6.45) is 1.09. The summed E-state index contributed by atoms with van der Waals surface area (Å²) in [7, 11) is -3.72. The van der Waals surface area contributed by atoms with E-state index in [4.69, 9.17) is 16.3 Å². The number of fused-ring (bicyclic) bond motifs is 1. The number of hydrogen-bond donors (Lipinski definition) is 2. The van der Waals surface area contributed by atoms with Crippen molar-refractivity contribution in [2.75, 3.05) is 17.8 Å². The molecule has 148 valence electrons. The number of benzene rings is 3. The zero-order chi connectivity index (χ0) is 18.9. The first-order chi connectivity index (χ1) is 13.0. The third kappa shape index (κ3) is 4.36. The molecule has 1 atom stereocenters. The van der Waals surface area contributed by atoms with Crippen molar-refractivity contribution in [2.24, 2.45) is 0 Å². The maximum Gasteiger partial charge on any atom is 0.261 e. The Morgan fingerprint density at radius 3 is 2.39 bits per heavy atom. The fourth-order valence-corrected chi connectivity index (χ4v) is 4.39.